The summed E-state index contributed by atoms with van der Waals surface area (Å²) in [4.78, 5) is 11.3. The average molecular weight is 193 g/mol. The molecule has 2 nitrogen and oxygen atoms in total. The maximum atomic E-state index is 13.5. The number of fused-ring (bicyclic) bond motifs is 1. The van der Waals surface area contributed by atoms with Gasteiger partial charge < -0.3 is 5.32 Å². The molecule has 74 valence electrons. The Morgan fingerprint density at radius 1 is 1.43 bits per heavy atom. The molecule has 0 saturated carbocycles. The van der Waals surface area contributed by atoms with Crippen LogP contribution in [-0.4, -0.2) is 5.91 Å². The number of carbonyl (C=O) groups is 1. The molecular weight excluding hydrogens is 181 g/mol. The van der Waals surface area contributed by atoms with E-state index in [9.17, 15) is 9.18 Å². The molecule has 0 unspecified atom stereocenters. The van der Waals surface area contributed by atoms with E-state index in [0.29, 0.717) is 17.7 Å². The second kappa shape index (κ2) is 3.08. The van der Waals surface area contributed by atoms with Gasteiger partial charge in [0.15, 0.2) is 0 Å². The monoisotopic (exact) mass is 193 g/mol. The van der Waals surface area contributed by atoms with Crippen molar-refractivity contribution in [2.45, 2.75) is 26.3 Å². The fourth-order valence-corrected chi connectivity index (χ4v) is 1.70. The third kappa shape index (κ3) is 1.29. The standard InChI is InChI=1S/C11H12FNO/c1-6(2)8-4-9-7(3-10(8)12)5-13-11(9)14/h3-4,6H,5H2,1-2H3,(H,13,14). The molecule has 1 aromatic rings. The van der Waals surface area contributed by atoms with Crippen molar-refractivity contribution in [3.8, 4) is 0 Å². The van der Waals surface area contributed by atoms with E-state index < -0.39 is 0 Å². The van der Waals surface area contributed by atoms with Crippen molar-refractivity contribution < 1.29 is 9.18 Å². The van der Waals surface area contributed by atoms with Gasteiger partial charge in [-0.1, -0.05) is 13.8 Å². The highest BCUT2D eigenvalue weighted by Gasteiger charge is 2.21. The second-order valence-electron chi connectivity index (χ2n) is 3.87. The van der Waals surface area contributed by atoms with Gasteiger partial charge in [0.2, 0.25) is 0 Å². The van der Waals surface area contributed by atoms with E-state index in [1.165, 1.54) is 6.07 Å². The van der Waals surface area contributed by atoms with E-state index >= 15 is 0 Å². The van der Waals surface area contributed by atoms with Gasteiger partial charge in [-0.25, -0.2) is 4.39 Å². The first-order valence-corrected chi connectivity index (χ1v) is 4.70. The molecule has 1 aliphatic rings. The summed E-state index contributed by atoms with van der Waals surface area (Å²) in [5, 5.41) is 2.67. The highest BCUT2D eigenvalue weighted by Crippen LogP contribution is 2.25. The summed E-state index contributed by atoms with van der Waals surface area (Å²) in [6, 6.07) is 3.13. The molecule has 0 atom stereocenters. The molecule has 14 heavy (non-hydrogen) atoms. The highest BCUT2D eigenvalue weighted by atomic mass is 19.1. The topological polar surface area (TPSA) is 29.1 Å². The zero-order chi connectivity index (χ0) is 10.3. The van der Waals surface area contributed by atoms with Gasteiger partial charge in [0.25, 0.3) is 5.91 Å². The summed E-state index contributed by atoms with van der Waals surface area (Å²) in [5.74, 6) is -0.203. The summed E-state index contributed by atoms with van der Waals surface area (Å²) in [6.07, 6.45) is 0. The average Bonchev–Trinajstić information content (AvgIpc) is 2.46. The van der Waals surface area contributed by atoms with Crippen molar-refractivity contribution in [3.05, 3.63) is 34.6 Å². The third-order valence-corrected chi connectivity index (χ3v) is 2.53. The molecule has 1 amide bonds. The molecule has 3 heteroatoms. The van der Waals surface area contributed by atoms with Crippen LogP contribution in [-0.2, 0) is 6.54 Å². The number of hydrogen-bond acceptors (Lipinski definition) is 1. The fraction of sp³-hybridized carbons (Fsp3) is 0.364. The predicted molar refractivity (Wildman–Crippen MR) is 51.7 cm³/mol. The minimum absolute atomic E-state index is 0.0955. The fourth-order valence-electron chi connectivity index (χ4n) is 1.70. The number of halogens is 1. The molecule has 1 N–H and O–H groups in total. The van der Waals surface area contributed by atoms with Crippen LogP contribution in [0.1, 0.15) is 41.3 Å². The van der Waals surface area contributed by atoms with Crippen LogP contribution >= 0.6 is 0 Å². The summed E-state index contributed by atoms with van der Waals surface area (Å²) in [7, 11) is 0. The van der Waals surface area contributed by atoms with Gasteiger partial charge in [0.05, 0.1) is 0 Å². The first kappa shape index (κ1) is 9.19. The van der Waals surface area contributed by atoms with Crippen molar-refractivity contribution in [3.63, 3.8) is 0 Å². The molecule has 1 heterocycles. The van der Waals surface area contributed by atoms with Gasteiger partial charge in [0.1, 0.15) is 5.82 Å². The lowest BCUT2D eigenvalue weighted by molar-refractivity contribution is 0.0965. The van der Waals surface area contributed by atoms with E-state index in [-0.39, 0.29) is 17.6 Å². The zero-order valence-electron chi connectivity index (χ0n) is 8.23. The Morgan fingerprint density at radius 2 is 2.14 bits per heavy atom. The van der Waals surface area contributed by atoms with E-state index in [1.54, 1.807) is 6.07 Å². The summed E-state index contributed by atoms with van der Waals surface area (Å²) >= 11 is 0. The first-order chi connectivity index (χ1) is 6.59. The Morgan fingerprint density at radius 3 is 2.79 bits per heavy atom. The van der Waals surface area contributed by atoms with Crippen LogP contribution in [0, 0.1) is 5.82 Å². The quantitative estimate of drug-likeness (QED) is 0.727. The Labute approximate surface area is 82.1 Å². The molecule has 0 saturated heterocycles. The number of nitrogens with one attached hydrogen (secondary N) is 1. The van der Waals surface area contributed by atoms with Gasteiger partial charge in [-0.05, 0) is 29.2 Å². The normalized spacial score (nSPS) is 14.4. The van der Waals surface area contributed by atoms with Crippen molar-refractivity contribution >= 4 is 5.91 Å². The van der Waals surface area contributed by atoms with Crippen molar-refractivity contribution in [2.75, 3.05) is 0 Å². The van der Waals surface area contributed by atoms with Crippen LogP contribution in [0.4, 0.5) is 4.39 Å². The smallest absolute Gasteiger partial charge is 0.251 e. The molecule has 0 fully saturated rings. The zero-order valence-corrected chi connectivity index (χ0v) is 8.23. The Kier molecular flexibility index (Phi) is 2.02. The molecule has 1 aromatic carbocycles. The lowest BCUT2D eigenvalue weighted by Crippen LogP contribution is -2.12. The van der Waals surface area contributed by atoms with Crippen LogP contribution < -0.4 is 5.32 Å². The Balaban J connectivity index is 2.57. The van der Waals surface area contributed by atoms with E-state index in [4.69, 9.17) is 0 Å². The first-order valence-electron chi connectivity index (χ1n) is 4.70. The Bertz CT molecular complexity index is 399. The SMILES string of the molecule is CC(C)c1cc2c(cc1F)CNC2=O. The molecule has 1 aliphatic heterocycles. The van der Waals surface area contributed by atoms with Crippen LogP contribution in [0.2, 0.25) is 0 Å². The van der Waals surface area contributed by atoms with Gasteiger partial charge >= 0.3 is 0 Å². The van der Waals surface area contributed by atoms with Crippen molar-refractivity contribution in [1.29, 1.82) is 0 Å². The minimum Gasteiger partial charge on any atom is -0.348 e. The molecule has 0 aliphatic carbocycles. The van der Waals surface area contributed by atoms with Crippen LogP contribution in [0.15, 0.2) is 12.1 Å². The van der Waals surface area contributed by atoms with Crippen LogP contribution in [0.3, 0.4) is 0 Å². The van der Waals surface area contributed by atoms with Crippen LogP contribution in [0.25, 0.3) is 0 Å². The van der Waals surface area contributed by atoms with Gasteiger partial charge in [-0.3, -0.25) is 4.79 Å². The second-order valence-corrected chi connectivity index (χ2v) is 3.87. The van der Waals surface area contributed by atoms with E-state index in [2.05, 4.69) is 5.32 Å². The lowest BCUT2D eigenvalue weighted by Gasteiger charge is -2.08. The predicted octanol–water partition coefficient (Wildman–Crippen LogP) is 2.19. The van der Waals surface area contributed by atoms with Crippen molar-refractivity contribution in [1.82, 2.24) is 5.32 Å². The van der Waals surface area contributed by atoms with E-state index in [1.807, 2.05) is 13.8 Å². The number of amides is 1. The highest BCUT2D eigenvalue weighted by molar-refractivity contribution is 5.98. The molecule has 0 spiro atoms. The number of rotatable bonds is 1. The third-order valence-electron chi connectivity index (χ3n) is 2.53. The van der Waals surface area contributed by atoms with Gasteiger partial charge in [-0.2, -0.15) is 0 Å². The molecule has 0 radical (unpaired) electrons. The number of carbonyl (C=O) groups excluding carboxylic acids is 1. The summed E-state index contributed by atoms with van der Waals surface area (Å²) < 4.78 is 13.5. The molecule has 2 rings (SSSR count). The largest absolute Gasteiger partial charge is 0.348 e. The number of hydrogen-bond donors (Lipinski definition) is 1. The molecule has 0 aromatic heterocycles. The maximum absolute atomic E-state index is 13.5. The van der Waals surface area contributed by atoms with E-state index in [0.717, 1.165) is 5.56 Å². The molecular formula is C11H12FNO. The minimum atomic E-state index is -0.213. The van der Waals surface area contributed by atoms with Gasteiger partial charge in [-0.15, -0.1) is 0 Å². The van der Waals surface area contributed by atoms with Crippen molar-refractivity contribution in [2.24, 2.45) is 0 Å². The van der Waals surface area contributed by atoms with Crippen LogP contribution in [0.5, 0.6) is 0 Å². The number of benzene rings is 1. The lowest BCUT2D eigenvalue weighted by atomic mass is 9.98. The molecule has 0 bridgehead atoms. The summed E-state index contributed by atoms with van der Waals surface area (Å²) in [6.45, 7) is 4.28. The maximum Gasteiger partial charge on any atom is 0.251 e. The van der Waals surface area contributed by atoms with Gasteiger partial charge in [0, 0.05) is 12.1 Å². The summed E-state index contributed by atoms with van der Waals surface area (Å²) in [5.41, 5.74) is 1.99. The Hall–Kier alpha value is -1.38.